The average molecular weight is 840 g/mol. The van der Waals surface area contributed by atoms with Gasteiger partial charge in [0.2, 0.25) is 0 Å². The number of fused-ring (bicyclic) bond motifs is 23. The molecule has 2 nitrogen and oxygen atoms in total. The fraction of sp³-hybridized carbons (Fsp3) is 0.0625. The van der Waals surface area contributed by atoms with Crippen molar-refractivity contribution in [1.29, 1.82) is 0 Å². The van der Waals surface area contributed by atoms with Crippen LogP contribution in [0.1, 0.15) is 47.2 Å². The fourth-order valence-electron chi connectivity index (χ4n) is 13.1. The SMILES string of the molecule is CC1(C)c2ccccc2-c2cccc(N(c3ccc4c(c3)C3(c5ccccc5-c5ccccc53)c3ccccc3-4)c3cccc4c5ccc6oc7ccccc7c6c5c5ccccc5c34)c21. The van der Waals surface area contributed by atoms with Gasteiger partial charge < -0.3 is 9.32 Å². The third-order valence-corrected chi connectivity index (χ3v) is 15.6. The van der Waals surface area contributed by atoms with Crippen LogP contribution in [-0.4, -0.2) is 0 Å². The van der Waals surface area contributed by atoms with Crippen LogP contribution < -0.4 is 4.90 Å². The molecule has 0 bridgehead atoms. The topological polar surface area (TPSA) is 16.4 Å². The van der Waals surface area contributed by atoms with Crippen LogP contribution in [0, 0.1) is 0 Å². The number of hydrogen-bond acceptors (Lipinski definition) is 2. The number of anilines is 3. The van der Waals surface area contributed by atoms with Gasteiger partial charge in [-0.3, -0.25) is 0 Å². The van der Waals surface area contributed by atoms with Gasteiger partial charge in [-0.15, -0.1) is 0 Å². The van der Waals surface area contributed by atoms with E-state index in [1.165, 1.54) is 110 Å². The molecule has 11 aromatic carbocycles. The summed E-state index contributed by atoms with van der Waals surface area (Å²) in [5.74, 6) is 0. The van der Waals surface area contributed by atoms with Crippen LogP contribution in [0.4, 0.5) is 17.1 Å². The zero-order chi connectivity index (χ0) is 43.5. The highest BCUT2D eigenvalue weighted by molar-refractivity contribution is 6.36. The third-order valence-electron chi connectivity index (χ3n) is 15.6. The molecule has 66 heavy (non-hydrogen) atoms. The molecule has 0 saturated carbocycles. The van der Waals surface area contributed by atoms with Crippen LogP contribution >= 0.6 is 0 Å². The maximum Gasteiger partial charge on any atom is 0.136 e. The van der Waals surface area contributed by atoms with Crippen molar-refractivity contribution < 1.29 is 4.42 Å². The normalized spacial score (nSPS) is 14.5. The van der Waals surface area contributed by atoms with Gasteiger partial charge in [0.1, 0.15) is 11.2 Å². The Hall–Kier alpha value is -8.20. The molecule has 3 aliphatic rings. The van der Waals surface area contributed by atoms with Crippen molar-refractivity contribution in [3.63, 3.8) is 0 Å². The van der Waals surface area contributed by atoms with Crippen LogP contribution in [0.15, 0.2) is 217 Å². The minimum absolute atomic E-state index is 0.258. The van der Waals surface area contributed by atoms with Gasteiger partial charge in [0.25, 0.3) is 0 Å². The monoisotopic (exact) mass is 839 g/mol. The van der Waals surface area contributed by atoms with E-state index in [2.05, 4.69) is 231 Å². The Morgan fingerprint density at radius 1 is 0.333 bits per heavy atom. The first-order valence-corrected chi connectivity index (χ1v) is 23.2. The van der Waals surface area contributed by atoms with Gasteiger partial charge in [0.15, 0.2) is 0 Å². The summed E-state index contributed by atoms with van der Waals surface area (Å²) in [4.78, 5) is 2.61. The third kappa shape index (κ3) is 4.37. The lowest BCUT2D eigenvalue weighted by molar-refractivity contribution is 0.661. The number of rotatable bonds is 3. The quantitative estimate of drug-likeness (QED) is 0.165. The second-order valence-electron chi connectivity index (χ2n) is 19.0. The number of benzene rings is 11. The van der Waals surface area contributed by atoms with Crippen molar-refractivity contribution in [1.82, 2.24) is 0 Å². The summed E-state index contributed by atoms with van der Waals surface area (Å²) in [6.07, 6.45) is 0. The largest absolute Gasteiger partial charge is 0.456 e. The lowest BCUT2D eigenvalue weighted by atomic mass is 9.70. The Morgan fingerprint density at radius 2 is 0.818 bits per heavy atom. The lowest BCUT2D eigenvalue weighted by Gasteiger charge is -2.35. The van der Waals surface area contributed by atoms with E-state index < -0.39 is 5.41 Å². The first-order valence-electron chi connectivity index (χ1n) is 23.2. The molecular weight excluding hydrogens is 799 g/mol. The highest BCUT2D eigenvalue weighted by Gasteiger charge is 2.52. The second kappa shape index (κ2) is 12.7. The van der Waals surface area contributed by atoms with Gasteiger partial charge in [-0.2, -0.15) is 0 Å². The summed E-state index contributed by atoms with van der Waals surface area (Å²) in [6.45, 7) is 4.82. The molecule has 12 aromatic rings. The highest BCUT2D eigenvalue weighted by Crippen LogP contribution is 2.64. The molecule has 0 amide bonds. The Morgan fingerprint density at radius 3 is 1.50 bits per heavy atom. The molecule has 308 valence electrons. The van der Waals surface area contributed by atoms with Crippen LogP contribution in [0.25, 0.3) is 87.6 Å². The van der Waals surface area contributed by atoms with Crippen molar-refractivity contribution in [2.75, 3.05) is 4.90 Å². The highest BCUT2D eigenvalue weighted by atomic mass is 16.3. The molecule has 15 rings (SSSR count). The van der Waals surface area contributed by atoms with Gasteiger partial charge in [0.05, 0.1) is 16.8 Å². The number of para-hydroxylation sites is 1. The Labute approximate surface area is 382 Å². The van der Waals surface area contributed by atoms with E-state index in [1.807, 2.05) is 0 Å². The predicted octanol–water partition coefficient (Wildman–Crippen LogP) is 17.2. The van der Waals surface area contributed by atoms with E-state index in [0.717, 1.165) is 27.9 Å². The second-order valence-corrected chi connectivity index (χ2v) is 19.0. The molecular formula is C64H41NO. The summed E-state index contributed by atoms with van der Waals surface area (Å²) in [6, 6.07) is 79.6. The van der Waals surface area contributed by atoms with Crippen molar-refractivity contribution in [3.8, 4) is 33.4 Å². The van der Waals surface area contributed by atoms with Crippen LogP contribution in [0.2, 0.25) is 0 Å². The predicted molar refractivity (Wildman–Crippen MR) is 275 cm³/mol. The zero-order valence-electron chi connectivity index (χ0n) is 36.6. The van der Waals surface area contributed by atoms with E-state index in [9.17, 15) is 0 Å². The maximum absolute atomic E-state index is 6.52. The summed E-state index contributed by atoms with van der Waals surface area (Å²) in [7, 11) is 0. The smallest absolute Gasteiger partial charge is 0.136 e. The molecule has 0 unspecified atom stereocenters. The van der Waals surface area contributed by atoms with Gasteiger partial charge in [-0.05, 0) is 131 Å². The van der Waals surface area contributed by atoms with E-state index in [0.29, 0.717) is 0 Å². The zero-order valence-corrected chi connectivity index (χ0v) is 36.6. The van der Waals surface area contributed by atoms with E-state index in [1.54, 1.807) is 0 Å². The summed E-state index contributed by atoms with van der Waals surface area (Å²) in [5, 5.41) is 9.66. The van der Waals surface area contributed by atoms with Gasteiger partial charge >= 0.3 is 0 Å². The summed E-state index contributed by atoms with van der Waals surface area (Å²) >= 11 is 0. The standard InChI is InChI=1S/C64H41NO/c1-63(2)50-26-10-5-20-42(50)48-25-16-31-56(62(48)63)65(38-33-34-43-41-19-8-13-29-53(41)64(54(43)37-38)51-27-11-6-17-39(51)40-18-7-12-28-52(40)64)55-30-15-24-45-47-35-36-58-61(49-23-9-14-32-57(49)66-58)60(47)46-22-4-3-21-44(46)59(45)55/h3-37H,1-2H3. The first-order chi connectivity index (χ1) is 32.5. The average Bonchev–Trinajstić information content (AvgIpc) is 4.06. The Balaban J connectivity index is 1.08. The fourth-order valence-corrected chi connectivity index (χ4v) is 13.1. The summed E-state index contributed by atoms with van der Waals surface area (Å²) < 4.78 is 6.52. The van der Waals surface area contributed by atoms with Gasteiger partial charge in [-0.1, -0.05) is 184 Å². The minimum atomic E-state index is -0.477. The number of furan rings is 1. The van der Waals surface area contributed by atoms with E-state index >= 15 is 0 Å². The molecule has 0 atom stereocenters. The molecule has 2 heteroatoms. The van der Waals surface area contributed by atoms with Crippen molar-refractivity contribution in [2.24, 2.45) is 0 Å². The number of hydrogen-bond donors (Lipinski definition) is 0. The van der Waals surface area contributed by atoms with Gasteiger partial charge in [-0.25, -0.2) is 0 Å². The molecule has 0 fully saturated rings. The Kier molecular flexibility index (Phi) is 6.98. The van der Waals surface area contributed by atoms with E-state index in [4.69, 9.17) is 4.42 Å². The molecule has 0 aliphatic heterocycles. The molecule has 3 aliphatic carbocycles. The molecule has 1 aromatic heterocycles. The number of nitrogens with zero attached hydrogens (tertiary/aromatic N) is 1. The van der Waals surface area contributed by atoms with Crippen molar-refractivity contribution >= 4 is 71.3 Å². The van der Waals surface area contributed by atoms with Crippen LogP contribution in [-0.2, 0) is 10.8 Å². The van der Waals surface area contributed by atoms with Crippen LogP contribution in [0.3, 0.4) is 0 Å². The van der Waals surface area contributed by atoms with Crippen LogP contribution in [0.5, 0.6) is 0 Å². The molecule has 0 saturated heterocycles. The molecule has 0 radical (unpaired) electrons. The van der Waals surface area contributed by atoms with Gasteiger partial charge in [0, 0.05) is 32.6 Å². The molecule has 0 N–H and O–H groups in total. The molecule has 1 heterocycles. The lowest BCUT2D eigenvalue weighted by Crippen LogP contribution is -2.26. The molecule has 1 spiro atoms. The maximum atomic E-state index is 6.52. The van der Waals surface area contributed by atoms with Crippen molar-refractivity contribution in [2.45, 2.75) is 24.7 Å². The van der Waals surface area contributed by atoms with E-state index in [-0.39, 0.29) is 5.41 Å². The Bertz CT molecular complexity index is 4020. The van der Waals surface area contributed by atoms with Crippen molar-refractivity contribution in [3.05, 3.63) is 246 Å². The first kappa shape index (κ1) is 36.2. The minimum Gasteiger partial charge on any atom is -0.456 e. The summed E-state index contributed by atoms with van der Waals surface area (Å²) in [5.41, 5.74) is 20.5.